The number of hydrogen-bond donors (Lipinski definition) is 1. The molecule has 0 amide bonds. The first-order valence-corrected chi connectivity index (χ1v) is 6.94. The van der Waals surface area contributed by atoms with Crippen molar-refractivity contribution in [2.45, 2.75) is 25.9 Å². The molecule has 0 aromatic heterocycles. The van der Waals surface area contributed by atoms with Gasteiger partial charge in [0.15, 0.2) is 0 Å². The third kappa shape index (κ3) is 3.44. The van der Waals surface area contributed by atoms with Gasteiger partial charge in [-0.25, -0.2) is 0 Å². The maximum atomic E-state index is 10.3. The number of aliphatic hydroxyl groups excluding tert-OH is 1. The Morgan fingerprint density at radius 1 is 1.11 bits per heavy atom. The van der Waals surface area contributed by atoms with E-state index in [-0.39, 0.29) is 0 Å². The van der Waals surface area contributed by atoms with E-state index >= 15 is 0 Å². The van der Waals surface area contributed by atoms with Crippen molar-refractivity contribution < 1.29 is 5.11 Å². The molecule has 1 atom stereocenters. The van der Waals surface area contributed by atoms with Crippen LogP contribution in [0.2, 0.25) is 0 Å². The van der Waals surface area contributed by atoms with Crippen LogP contribution in [0.25, 0.3) is 0 Å². The minimum atomic E-state index is -0.417. The number of aryl methyl sites for hydroxylation is 2. The molecular formula is C16H17BrO. The highest BCUT2D eigenvalue weighted by Gasteiger charge is 2.11. The average Bonchev–Trinajstić information content (AvgIpc) is 2.40. The summed E-state index contributed by atoms with van der Waals surface area (Å²) in [6.07, 6.45) is 1.22. The SMILES string of the molecule is Cc1ccc(Br)c(C(O)CCc2ccccc2)c1. The minimum absolute atomic E-state index is 0.417. The molecular weight excluding hydrogens is 288 g/mol. The molecule has 0 saturated carbocycles. The van der Waals surface area contributed by atoms with Gasteiger partial charge in [0.2, 0.25) is 0 Å². The van der Waals surface area contributed by atoms with Gasteiger partial charge in [0.05, 0.1) is 6.10 Å². The zero-order chi connectivity index (χ0) is 13.0. The van der Waals surface area contributed by atoms with Crippen LogP contribution < -0.4 is 0 Å². The van der Waals surface area contributed by atoms with E-state index in [1.807, 2.05) is 43.3 Å². The molecule has 2 rings (SSSR count). The molecule has 94 valence electrons. The van der Waals surface area contributed by atoms with E-state index in [1.54, 1.807) is 0 Å². The summed E-state index contributed by atoms with van der Waals surface area (Å²) in [7, 11) is 0. The molecule has 2 aromatic rings. The first kappa shape index (κ1) is 13.3. The number of halogens is 1. The van der Waals surface area contributed by atoms with Gasteiger partial charge >= 0.3 is 0 Å². The maximum Gasteiger partial charge on any atom is 0.0804 e. The number of rotatable bonds is 4. The van der Waals surface area contributed by atoms with Crippen LogP contribution in [0, 0.1) is 6.92 Å². The molecule has 0 aliphatic carbocycles. The van der Waals surface area contributed by atoms with Crippen molar-refractivity contribution in [2.75, 3.05) is 0 Å². The van der Waals surface area contributed by atoms with Gasteiger partial charge in [-0.15, -0.1) is 0 Å². The fourth-order valence-electron chi connectivity index (χ4n) is 2.02. The smallest absolute Gasteiger partial charge is 0.0804 e. The zero-order valence-electron chi connectivity index (χ0n) is 10.4. The first-order valence-electron chi connectivity index (χ1n) is 6.15. The van der Waals surface area contributed by atoms with E-state index < -0.39 is 6.10 Å². The van der Waals surface area contributed by atoms with Crippen molar-refractivity contribution in [1.29, 1.82) is 0 Å². The lowest BCUT2D eigenvalue weighted by atomic mass is 10.0. The van der Waals surface area contributed by atoms with Gasteiger partial charge in [0.25, 0.3) is 0 Å². The quantitative estimate of drug-likeness (QED) is 0.886. The molecule has 1 nitrogen and oxygen atoms in total. The molecule has 0 aliphatic rings. The van der Waals surface area contributed by atoms with Crippen LogP contribution in [-0.2, 0) is 6.42 Å². The van der Waals surface area contributed by atoms with Crippen LogP contribution in [0.3, 0.4) is 0 Å². The van der Waals surface area contributed by atoms with E-state index in [0.29, 0.717) is 0 Å². The highest BCUT2D eigenvalue weighted by molar-refractivity contribution is 9.10. The van der Waals surface area contributed by atoms with E-state index in [9.17, 15) is 5.11 Å². The number of aliphatic hydroxyl groups is 1. The van der Waals surface area contributed by atoms with Gasteiger partial charge in [0, 0.05) is 4.47 Å². The predicted octanol–water partition coefficient (Wildman–Crippen LogP) is 4.42. The summed E-state index contributed by atoms with van der Waals surface area (Å²) >= 11 is 3.50. The molecule has 0 saturated heterocycles. The van der Waals surface area contributed by atoms with Gasteiger partial charge in [-0.3, -0.25) is 0 Å². The fourth-order valence-corrected chi connectivity index (χ4v) is 2.53. The molecule has 2 heteroatoms. The van der Waals surface area contributed by atoms with E-state index in [0.717, 1.165) is 22.9 Å². The van der Waals surface area contributed by atoms with Crippen LogP contribution in [-0.4, -0.2) is 5.11 Å². The van der Waals surface area contributed by atoms with Crippen molar-refractivity contribution in [3.63, 3.8) is 0 Å². The standard InChI is InChI=1S/C16H17BrO/c1-12-7-9-15(17)14(11-12)16(18)10-8-13-5-3-2-4-6-13/h2-7,9,11,16,18H,8,10H2,1H3. The van der Waals surface area contributed by atoms with Crippen molar-refractivity contribution >= 4 is 15.9 Å². The molecule has 0 fully saturated rings. The molecule has 0 bridgehead atoms. The fraction of sp³-hybridized carbons (Fsp3) is 0.250. The lowest BCUT2D eigenvalue weighted by molar-refractivity contribution is 0.167. The second kappa shape index (κ2) is 6.17. The Bertz CT molecular complexity index is 508. The van der Waals surface area contributed by atoms with E-state index in [4.69, 9.17) is 0 Å². The number of hydrogen-bond acceptors (Lipinski definition) is 1. The van der Waals surface area contributed by atoms with Gasteiger partial charge in [0.1, 0.15) is 0 Å². The summed E-state index contributed by atoms with van der Waals surface area (Å²) in [6.45, 7) is 2.04. The second-order valence-corrected chi connectivity index (χ2v) is 5.42. The monoisotopic (exact) mass is 304 g/mol. The Labute approximate surface area is 117 Å². The Hall–Kier alpha value is -1.12. The molecule has 1 unspecified atom stereocenters. The molecule has 0 radical (unpaired) electrons. The summed E-state index contributed by atoms with van der Waals surface area (Å²) in [5, 5.41) is 10.3. The Morgan fingerprint density at radius 2 is 1.83 bits per heavy atom. The minimum Gasteiger partial charge on any atom is -0.388 e. The lowest BCUT2D eigenvalue weighted by Gasteiger charge is -2.13. The predicted molar refractivity (Wildman–Crippen MR) is 78.6 cm³/mol. The van der Waals surface area contributed by atoms with E-state index in [2.05, 4.69) is 28.1 Å². The summed E-state index contributed by atoms with van der Waals surface area (Å²) in [4.78, 5) is 0. The lowest BCUT2D eigenvalue weighted by Crippen LogP contribution is -2.01. The van der Waals surface area contributed by atoms with Crippen LogP contribution in [0.5, 0.6) is 0 Å². The van der Waals surface area contributed by atoms with Crippen molar-refractivity contribution in [3.05, 3.63) is 69.7 Å². The molecule has 0 aliphatic heterocycles. The van der Waals surface area contributed by atoms with Crippen molar-refractivity contribution in [2.24, 2.45) is 0 Å². The molecule has 2 aromatic carbocycles. The third-order valence-electron chi connectivity index (χ3n) is 3.06. The van der Waals surface area contributed by atoms with E-state index in [1.165, 1.54) is 11.1 Å². The van der Waals surface area contributed by atoms with Gasteiger partial charge in [-0.1, -0.05) is 64.0 Å². The second-order valence-electron chi connectivity index (χ2n) is 4.57. The molecule has 0 spiro atoms. The molecule has 18 heavy (non-hydrogen) atoms. The number of benzene rings is 2. The van der Waals surface area contributed by atoms with Gasteiger partial charge in [-0.2, -0.15) is 0 Å². The third-order valence-corrected chi connectivity index (χ3v) is 3.78. The van der Waals surface area contributed by atoms with Crippen molar-refractivity contribution in [1.82, 2.24) is 0 Å². The zero-order valence-corrected chi connectivity index (χ0v) is 12.0. The Kier molecular flexibility index (Phi) is 4.56. The Balaban J connectivity index is 2.03. The summed E-state index contributed by atoms with van der Waals surface area (Å²) in [5.41, 5.74) is 3.42. The summed E-state index contributed by atoms with van der Waals surface area (Å²) < 4.78 is 0.980. The van der Waals surface area contributed by atoms with Crippen LogP contribution >= 0.6 is 15.9 Å². The van der Waals surface area contributed by atoms with Gasteiger partial charge < -0.3 is 5.11 Å². The van der Waals surface area contributed by atoms with Crippen LogP contribution in [0.15, 0.2) is 53.0 Å². The molecule has 1 N–H and O–H groups in total. The topological polar surface area (TPSA) is 20.2 Å². The van der Waals surface area contributed by atoms with Crippen LogP contribution in [0.1, 0.15) is 29.2 Å². The normalized spacial score (nSPS) is 12.4. The highest BCUT2D eigenvalue weighted by atomic mass is 79.9. The largest absolute Gasteiger partial charge is 0.388 e. The summed E-state index contributed by atoms with van der Waals surface area (Å²) in [6, 6.07) is 16.3. The van der Waals surface area contributed by atoms with Gasteiger partial charge in [-0.05, 0) is 37.0 Å². The average molecular weight is 305 g/mol. The summed E-state index contributed by atoms with van der Waals surface area (Å²) in [5.74, 6) is 0. The van der Waals surface area contributed by atoms with Crippen LogP contribution in [0.4, 0.5) is 0 Å². The maximum absolute atomic E-state index is 10.3. The highest BCUT2D eigenvalue weighted by Crippen LogP contribution is 2.27. The van der Waals surface area contributed by atoms with Crippen molar-refractivity contribution in [3.8, 4) is 0 Å². The first-order chi connectivity index (χ1) is 8.66. The Morgan fingerprint density at radius 3 is 2.56 bits per heavy atom. The molecule has 0 heterocycles.